The van der Waals surface area contributed by atoms with E-state index in [9.17, 15) is 14.2 Å². The van der Waals surface area contributed by atoms with Crippen molar-refractivity contribution >= 4 is 19.8 Å². The summed E-state index contributed by atoms with van der Waals surface area (Å²) in [6.45, 7) is 3.56. The van der Waals surface area contributed by atoms with Gasteiger partial charge in [-0.2, -0.15) is 0 Å². The largest absolute Gasteiger partial charge is 0.469 e. The lowest BCUT2D eigenvalue weighted by atomic mass is 10.1. The van der Waals surface area contributed by atoms with Gasteiger partial charge in [-0.1, -0.05) is 139 Å². The molecule has 50 heavy (non-hydrogen) atoms. The zero-order chi connectivity index (χ0) is 36.8. The number of carbonyl (C=O) groups excluding carboxylic acids is 2. The molecule has 2 N–H and O–H groups in total. The van der Waals surface area contributed by atoms with Crippen molar-refractivity contribution in [3.8, 4) is 0 Å². The van der Waals surface area contributed by atoms with Crippen LogP contribution in [0.3, 0.4) is 0 Å². The zero-order valence-electron chi connectivity index (χ0n) is 31.5. The molecule has 0 radical (unpaired) electrons. The molecule has 0 aliphatic heterocycles. The number of rotatable bonds is 35. The van der Waals surface area contributed by atoms with Gasteiger partial charge in [-0.05, 0) is 77.0 Å². The van der Waals surface area contributed by atoms with Crippen molar-refractivity contribution in [3.63, 3.8) is 0 Å². The van der Waals surface area contributed by atoms with Gasteiger partial charge < -0.3 is 19.3 Å². The van der Waals surface area contributed by atoms with Crippen LogP contribution >= 0.6 is 7.82 Å². The molecule has 0 saturated heterocycles. The first-order valence-electron chi connectivity index (χ1n) is 19.6. The topological polar surface area (TPSA) is 119 Å². The van der Waals surface area contributed by atoms with E-state index < -0.39 is 32.5 Å². The fourth-order valence-electron chi connectivity index (χ4n) is 5.06. The summed E-state index contributed by atoms with van der Waals surface area (Å²) >= 11 is 0. The van der Waals surface area contributed by atoms with E-state index >= 15 is 0 Å². The van der Waals surface area contributed by atoms with E-state index in [0.717, 1.165) is 64.2 Å². The molecule has 0 aromatic rings. The number of unbranched alkanes of at least 4 members (excludes halogenated alkanes) is 15. The molecule has 0 fully saturated rings. The summed E-state index contributed by atoms with van der Waals surface area (Å²) < 4.78 is 26.3. The van der Waals surface area contributed by atoms with Gasteiger partial charge in [0.15, 0.2) is 6.10 Å². The number of hydrogen-bond donors (Lipinski definition) is 2. The lowest BCUT2D eigenvalue weighted by Gasteiger charge is -2.18. The Morgan fingerprint density at radius 3 is 1.48 bits per heavy atom. The molecule has 9 heteroatoms. The van der Waals surface area contributed by atoms with E-state index in [-0.39, 0.29) is 19.4 Å². The van der Waals surface area contributed by atoms with Crippen molar-refractivity contribution in [2.45, 2.75) is 174 Å². The van der Waals surface area contributed by atoms with Gasteiger partial charge in [0.25, 0.3) is 0 Å². The van der Waals surface area contributed by atoms with Crippen LogP contribution in [0.2, 0.25) is 0 Å². The number of hydrogen-bond acceptors (Lipinski definition) is 6. The quantitative estimate of drug-likeness (QED) is 0.0287. The normalized spacial score (nSPS) is 13.1. The van der Waals surface area contributed by atoms with E-state index in [1.807, 2.05) is 0 Å². The monoisotopic (exact) mass is 722 g/mol. The Balaban J connectivity index is 4.06. The van der Waals surface area contributed by atoms with Crippen LogP contribution in [0.15, 0.2) is 60.8 Å². The molecular formula is C41H71O8P. The second-order valence-corrected chi connectivity index (χ2v) is 14.1. The standard InChI is InChI=1S/C41H71O8P/c1-3-5-7-9-11-13-15-17-19-20-22-24-26-28-30-32-34-36-41(43)49-39(38-48-50(44,45)46)37-47-40(42)35-33-31-29-27-25-23-21-18-16-14-12-10-8-6-4-2/h7,9,13,15,19-20,24-27,39H,3-6,8,10-12,14,16-18,21-23,28-38H2,1-2H3,(H2,44,45,46)/b9-7+,15-13+,20-19+,26-24+,27-25+/t39-/m1/s1. The molecule has 0 spiro atoms. The molecule has 0 rings (SSSR count). The molecule has 0 heterocycles. The maximum absolute atomic E-state index is 12.4. The first kappa shape index (κ1) is 47.8. The second-order valence-electron chi connectivity index (χ2n) is 12.9. The number of phosphoric ester groups is 1. The van der Waals surface area contributed by atoms with Gasteiger partial charge in [0.05, 0.1) is 6.61 Å². The minimum absolute atomic E-state index is 0.168. The Kier molecular flexibility index (Phi) is 34.9. The van der Waals surface area contributed by atoms with Crippen molar-refractivity contribution in [2.24, 2.45) is 0 Å². The highest BCUT2D eigenvalue weighted by Crippen LogP contribution is 2.36. The van der Waals surface area contributed by atoms with Crippen LogP contribution in [0.1, 0.15) is 168 Å². The maximum atomic E-state index is 12.4. The summed E-state index contributed by atoms with van der Waals surface area (Å²) in [5.41, 5.74) is 0. The third-order valence-electron chi connectivity index (χ3n) is 7.99. The molecule has 0 bridgehead atoms. The molecule has 0 aliphatic rings. The van der Waals surface area contributed by atoms with Gasteiger partial charge in [0.2, 0.25) is 0 Å². The molecule has 0 saturated carbocycles. The van der Waals surface area contributed by atoms with Gasteiger partial charge in [0, 0.05) is 12.8 Å². The van der Waals surface area contributed by atoms with Crippen molar-refractivity contribution < 1.29 is 37.9 Å². The first-order valence-corrected chi connectivity index (χ1v) is 21.1. The molecule has 1 atom stereocenters. The lowest BCUT2D eigenvalue weighted by molar-refractivity contribution is -0.161. The molecule has 0 aromatic heterocycles. The van der Waals surface area contributed by atoms with Crippen LogP contribution < -0.4 is 0 Å². The van der Waals surface area contributed by atoms with E-state index in [1.165, 1.54) is 64.2 Å². The number of phosphoric acid groups is 1. The molecule has 0 amide bonds. The van der Waals surface area contributed by atoms with E-state index in [0.29, 0.717) is 12.8 Å². The van der Waals surface area contributed by atoms with Crippen molar-refractivity contribution in [3.05, 3.63) is 60.8 Å². The molecule has 0 aromatic carbocycles. The zero-order valence-corrected chi connectivity index (χ0v) is 32.4. The molecule has 8 nitrogen and oxygen atoms in total. The third-order valence-corrected chi connectivity index (χ3v) is 8.48. The highest BCUT2D eigenvalue weighted by Gasteiger charge is 2.22. The van der Waals surface area contributed by atoms with Crippen LogP contribution in [0.5, 0.6) is 0 Å². The molecule has 0 unspecified atom stereocenters. The fraction of sp³-hybridized carbons (Fsp3) is 0.707. The molecular weight excluding hydrogens is 651 g/mol. The second kappa shape index (κ2) is 36.5. The average molecular weight is 723 g/mol. The van der Waals surface area contributed by atoms with Gasteiger partial charge in [-0.3, -0.25) is 14.1 Å². The first-order chi connectivity index (χ1) is 24.3. The van der Waals surface area contributed by atoms with Crippen LogP contribution in [-0.4, -0.2) is 41.0 Å². The van der Waals surface area contributed by atoms with Gasteiger partial charge in [0.1, 0.15) is 6.61 Å². The van der Waals surface area contributed by atoms with Crippen molar-refractivity contribution in [1.82, 2.24) is 0 Å². The Morgan fingerprint density at radius 1 is 0.520 bits per heavy atom. The number of ether oxygens (including phenoxy) is 2. The van der Waals surface area contributed by atoms with Crippen LogP contribution in [0.25, 0.3) is 0 Å². The highest BCUT2D eigenvalue weighted by molar-refractivity contribution is 7.46. The van der Waals surface area contributed by atoms with Gasteiger partial charge in [-0.15, -0.1) is 0 Å². The predicted molar refractivity (Wildman–Crippen MR) is 207 cm³/mol. The van der Waals surface area contributed by atoms with E-state index in [1.54, 1.807) is 0 Å². The maximum Gasteiger partial charge on any atom is 0.469 e. The smallest absolute Gasteiger partial charge is 0.462 e. The molecule has 288 valence electrons. The minimum Gasteiger partial charge on any atom is -0.462 e. The minimum atomic E-state index is -4.77. The number of esters is 2. The Morgan fingerprint density at radius 2 is 0.940 bits per heavy atom. The van der Waals surface area contributed by atoms with Gasteiger partial charge >= 0.3 is 19.8 Å². The summed E-state index contributed by atoms with van der Waals surface area (Å²) in [7, 11) is -4.77. The van der Waals surface area contributed by atoms with Crippen LogP contribution in [0.4, 0.5) is 0 Å². The Labute approximate surface area is 305 Å². The highest BCUT2D eigenvalue weighted by atomic mass is 31.2. The summed E-state index contributed by atoms with van der Waals surface area (Å²) in [4.78, 5) is 42.7. The Bertz CT molecular complexity index is 995. The summed E-state index contributed by atoms with van der Waals surface area (Å²) in [5.74, 6) is -0.951. The Hall–Kier alpha value is -2.25. The summed E-state index contributed by atoms with van der Waals surface area (Å²) in [6, 6.07) is 0. The lowest BCUT2D eigenvalue weighted by Crippen LogP contribution is -2.29. The summed E-state index contributed by atoms with van der Waals surface area (Å²) in [6.07, 6.45) is 45.1. The van der Waals surface area contributed by atoms with Crippen LogP contribution in [-0.2, 0) is 28.2 Å². The van der Waals surface area contributed by atoms with Gasteiger partial charge in [-0.25, -0.2) is 4.57 Å². The number of allylic oxidation sites excluding steroid dienone is 10. The van der Waals surface area contributed by atoms with Crippen molar-refractivity contribution in [1.29, 1.82) is 0 Å². The number of carbonyl (C=O) groups is 2. The predicted octanol–water partition coefficient (Wildman–Crippen LogP) is 11.7. The fourth-order valence-corrected chi connectivity index (χ4v) is 5.42. The van der Waals surface area contributed by atoms with Crippen LogP contribution in [0, 0.1) is 0 Å². The van der Waals surface area contributed by atoms with E-state index in [4.69, 9.17) is 19.3 Å². The third kappa shape index (κ3) is 38.6. The molecule has 0 aliphatic carbocycles. The van der Waals surface area contributed by atoms with E-state index in [2.05, 4.69) is 79.1 Å². The average Bonchev–Trinajstić information content (AvgIpc) is 3.08. The SMILES string of the molecule is CCC/C=C/C/C=C/C/C=C/C/C=C/CCCCCC(=O)O[C@H](COC(=O)CCCC/C=C/CCCCCCCCCCC)COP(=O)(O)O. The van der Waals surface area contributed by atoms with Crippen molar-refractivity contribution in [2.75, 3.05) is 13.2 Å². The summed E-state index contributed by atoms with van der Waals surface area (Å²) in [5, 5.41) is 0.